The molecule has 1 saturated heterocycles. The molecule has 2 rings (SSSR count). The van der Waals surface area contributed by atoms with Crippen molar-refractivity contribution in [1.29, 1.82) is 0 Å². The summed E-state index contributed by atoms with van der Waals surface area (Å²) in [7, 11) is 3.24. The van der Waals surface area contributed by atoms with Gasteiger partial charge in [0.15, 0.2) is 5.60 Å². The van der Waals surface area contributed by atoms with Crippen LogP contribution in [0.5, 0.6) is 5.75 Å². The summed E-state index contributed by atoms with van der Waals surface area (Å²) in [6.45, 7) is 1.04. The van der Waals surface area contributed by atoms with Gasteiger partial charge in [-0.1, -0.05) is 0 Å². The van der Waals surface area contributed by atoms with Crippen LogP contribution in [-0.2, 0) is 11.3 Å². The van der Waals surface area contributed by atoms with Crippen molar-refractivity contribution in [3.63, 3.8) is 0 Å². The van der Waals surface area contributed by atoms with Gasteiger partial charge in [-0.25, -0.2) is 4.39 Å². The number of methoxy groups -OCH3 is 1. The van der Waals surface area contributed by atoms with Gasteiger partial charge in [-0.05, 0) is 38.1 Å². The second kappa shape index (κ2) is 7.92. The minimum absolute atomic E-state index is 0.0422. The lowest BCUT2D eigenvalue weighted by atomic mass is 9.90. The number of amides is 1. The Morgan fingerprint density at radius 1 is 1.46 bits per heavy atom. The second-order valence-electron chi connectivity index (χ2n) is 6.28. The molecule has 0 spiro atoms. The normalized spacial score (nSPS) is 21.4. The number of benzene rings is 1. The molecule has 1 aromatic rings. The lowest BCUT2D eigenvalue weighted by molar-refractivity contribution is -0.160. The number of rotatable bonds is 7. The quantitative estimate of drug-likeness (QED) is 0.761. The first-order valence-corrected chi connectivity index (χ1v) is 8.03. The summed E-state index contributed by atoms with van der Waals surface area (Å²) in [6, 6.07) is 4.40. The van der Waals surface area contributed by atoms with Crippen molar-refractivity contribution in [1.82, 2.24) is 9.80 Å². The van der Waals surface area contributed by atoms with E-state index in [1.54, 1.807) is 18.0 Å². The first-order valence-electron chi connectivity index (χ1n) is 8.03. The van der Waals surface area contributed by atoms with Crippen molar-refractivity contribution in [3.8, 4) is 5.75 Å². The summed E-state index contributed by atoms with van der Waals surface area (Å²) in [6.07, 6.45) is 0.999. The molecule has 1 atom stereocenters. The third-order valence-electron chi connectivity index (χ3n) is 4.33. The van der Waals surface area contributed by atoms with Crippen molar-refractivity contribution >= 4 is 5.91 Å². The van der Waals surface area contributed by atoms with E-state index in [0.717, 1.165) is 0 Å². The van der Waals surface area contributed by atoms with Crippen molar-refractivity contribution in [2.75, 3.05) is 40.4 Å². The molecular weight excluding hydrogens is 315 g/mol. The van der Waals surface area contributed by atoms with Gasteiger partial charge in [0.2, 0.25) is 0 Å². The molecule has 134 valence electrons. The van der Waals surface area contributed by atoms with E-state index < -0.39 is 17.3 Å². The van der Waals surface area contributed by atoms with Gasteiger partial charge >= 0.3 is 0 Å². The Kier molecular flexibility index (Phi) is 6.15. The van der Waals surface area contributed by atoms with Crippen molar-refractivity contribution in [2.24, 2.45) is 0 Å². The predicted molar refractivity (Wildman–Crippen MR) is 87.1 cm³/mol. The molecule has 0 aromatic heterocycles. The van der Waals surface area contributed by atoms with Crippen LogP contribution in [0.3, 0.4) is 0 Å². The Hall–Kier alpha value is -1.70. The zero-order chi connectivity index (χ0) is 17.7. The van der Waals surface area contributed by atoms with Gasteiger partial charge in [0.25, 0.3) is 5.91 Å². The summed E-state index contributed by atoms with van der Waals surface area (Å²) < 4.78 is 19.1. The number of likely N-dealkylation sites (tertiary alicyclic amines) is 1. The second-order valence-corrected chi connectivity index (χ2v) is 6.28. The van der Waals surface area contributed by atoms with E-state index in [2.05, 4.69) is 0 Å². The van der Waals surface area contributed by atoms with Gasteiger partial charge in [-0.3, -0.25) is 4.79 Å². The number of ether oxygens (including phenoxy) is 1. The molecule has 1 aliphatic heterocycles. The Balaban J connectivity index is 2.12. The smallest absolute Gasteiger partial charge is 0.256 e. The number of halogens is 1. The molecule has 1 aliphatic rings. The van der Waals surface area contributed by atoms with E-state index in [-0.39, 0.29) is 19.7 Å². The molecule has 1 fully saturated rings. The zero-order valence-electron chi connectivity index (χ0n) is 14.2. The molecule has 2 N–H and O–H groups in total. The van der Waals surface area contributed by atoms with Crippen LogP contribution in [0, 0.1) is 5.82 Å². The third-order valence-corrected chi connectivity index (χ3v) is 4.33. The number of nitrogens with zero attached hydrogens (tertiary/aromatic N) is 2. The van der Waals surface area contributed by atoms with E-state index in [9.17, 15) is 14.3 Å². The molecule has 7 heteroatoms. The van der Waals surface area contributed by atoms with E-state index in [1.165, 1.54) is 24.1 Å². The number of piperidine rings is 1. The van der Waals surface area contributed by atoms with Crippen molar-refractivity contribution in [2.45, 2.75) is 25.0 Å². The standard InChI is InChI=1S/C17H25FN2O4/c1-19(8-9-21)12-17(23)6-3-7-20(16(17)22)11-13-10-14(24-2)4-5-15(13)18/h4-5,10,21,23H,3,6-9,11-12H2,1-2H3/t17-/m0/s1. The monoisotopic (exact) mass is 340 g/mol. The van der Waals surface area contributed by atoms with Crippen LogP contribution in [0.15, 0.2) is 18.2 Å². The minimum Gasteiger partial charge on any atom is -0.497 e. The Labute approximate surface area is 141 Å². The summed E-state index contributed by atoms with van der Waals surface area (Å²) in [5.41, 5.74) is -1.15. The van der Waals surface area contributed by atoms with Gasteiger partial charge in [0.05, 0.1) is 13.7 Å². The van der Waals surface area contributed by atoms with Gasteiger partial charge < -0.3 is 24.7 Å². The molecular formula is C17H25FN2O4. The van der Waals surface area contributed by atoms with Crippen LogP contribution >= 0.6 is 0 Å². The Morgan fingerprint density at radius 2 is 2.21 bits per heavy atom. The minimum atomic E-state index is -1.50. The molecule has 1 heterocycles. The molecule has 24 heavy (non-hydrogen) atoms. The third kappa shape index (κ3) is 4.23. The predicted octanol–water partition coefficient (Wildman–Crippen LogP) is 0.612. The highest BCUT2D eigenvalue weighted by molar-refractivity contribution is 5.86. The fraction of sp³-hybridized carbons (Fsp3) is 0.588. The van der Waals surface area contributed by atoms with Gasteiger partial charge in [-0.2, -0.15) is 0 Å². The van der Waals surface area contributed by atoms with E-state index in [4.69, 9.17) is 9.84 Å². The Morgan fingerprint density at radius 3 is 2.88 bits per heavy atom. The highest BCUT2D eigenvalue weighted by atomic mass is 19.1. The average molecular weight is 340 g/mol. The lowest BCUT2D eigenvalue weighted by Gasteiger charge is -2.40. The maximum atomic E-state index is 14.0. The number of aliphatic hydroxyl groups is 2. The highest BCUT2D eigenvalue weighted by Crippen LogP contribution is 2.26. The van der Waals surface area contributed by atoms with Crippen LogP contribution in [-0.4, -0.2) is 71.9 Å². The fourth-order valence-electron chi connectivity index (χ4n) is 3.06. The topological polar surface area (TPSA) is 73.2 Å². The van der Waals surface area contributed by atoms with Crippen LogP contribution in [0.2, 0.25) is 0 Å². The molecule has 1 amide bonds. The number of likely N-dealkylation sites (N-methyl/N-ethyl adjacent to an activating group) is 1. The van der Waals surface area contributed by atoms with Crippen LogP contribution < -0.4 is 4.74 Å². The number of hydrogen-bond acceptors (Lipinski definition) is 5. The van der Waals surface area contributed by atoms with E-state index in [0.29, 0.717) is 37.2 Å². The van der Waals surface area contributed by atoms with Crippen LogP contribution in [0.25, 0.3) is 0 Å². The molecule has 0 aliphatic carbocycles. The lowest BCUT2D eigenvalue weighted by Crippen LogP contribution is -2.58. The number of hydrogen-bond donors (Lipinski definition) is 2. The van der Waals surface area contributed by atoms with Crippen molar-refractivity contribution < 1.29 is 24.1 Å². The first-order chi connectivity index (χ1) is 11.4. The Bertz CT molecular complexity index is 584. The number of carbonyl (C=O) groups excluding carboxylic acids is 1. The van der Waals surface area contributed by atoms with Gasteiger partial charge in [0.1, 0.15) is 11.6 Å². The maximum Gasteiger partial charge on any atom is 0.256 e. The SMILES string of the molecule is COc1ccc(F)c(CN2CCC[C@](O)(CN(C)CCO)C2=O)c1. The zero-order valence-corrected chi connectivity index (χ0v) is 14.2. The largest absolute Gasteiger partial charge is 0.497 e. The molecule has 0 saturated carbocycles. The summed E-state index contributed by atoms with van der Waals surface area (Å²) in [4.78, 5) is 15.9. The molecule has 0 radical (unpaired) electrons. The molecule has 0 unspecified atom stereocenters. The number of aliphatic hydroxyl groups excluding tert-OH is 1. The first kappa shape index (κ1) is 18.6. The maximum absolute atomic E-state index is 14.0. The van der Waals surface area contributed by atoms with Gasteiger partial charge in [0, 0.05) is 31.7 Å². The van der Waals surface area contributed by atoms with Crippen molar-refractivity contribution in [3.05, 3.63) is 29.6 Å². The molecule has 1 aromatic carbocycles. The highest BCUT2D eigenvalue weighted by Gasteiger charge is 2.42. The fourth-order valence-corrected chi connectivity index (χ4v) is 3.06. The van der Waals surface area contributed by atoms with E-state index in [1.807, 2.05) is 0 Å². The summed E-state index contributed by atoms with van der Waals surface area (Å²) in [5.74, 6) is -0.287. The molecule has 6 nitrogen and oxygen atoms in total. The van der Waals surface area contributed by atoms with Crippen LogP contribution in [0.1, 0.15) is 18.4 Å². The average Bonchev–Trinajstić information content (AvgIpc) is 2.54. The van der Waals surface area contributed by atoms with E-state index >= 15 is 0 Å². The summed E-state index contributed by atoms with van der Waals surface area (Å²) in [5, 5.41) is 19.7. The van der Waals surface area contributed by atoms with Crippen LogP contribution in [0.4, 0.5) is 4.39 Å². The number of carbonyl (C=O) groups is 1. The van der Waals surface area contributed by atoms with Gasteiger partial charge in [-0.15, -0.1) is 0 Å². The molecule has 0 bridgehead atoms. The summed E-state index contributed by atoms with van der Waals surface area (Å²) >= 11 is 0.